The quantitative estimate of drug-likeness (QED) is 0.520. The summed E-state index contributed by atoms with van der Waals surface area (Å²) < 4.78 is 44.9. The summed E-state index contributed by atoms with van der Waals surface area (Å²) in [4.78, 5) is 33.9. The van der Waals surface area contributed by atoms with Gasteiger partial charge in [0.05, 0.1) is 17.5 Å². The van der Waals surface area contributed by atoms with E-state index in [1.54, 1.807) is 22.2 Å². The van der Waals surface area contributed by atoms with Crippen LogP contribution in [0.3, 0.4) is 0 Å². The number of benzene rings is 2. The zero-order valence-electron chi connectivity index (χ0n) is 19.4. The van der Waals surface area contributed by atoms with Crippen LogP contribution in [0.1, 0.15) is 29.5 Å². The van der Waals surface area contributed by atoms with Crippen LogP contribution in [0.25, 0.3) is 0 Å². The Bertz CT molecular complexity index is 1270. The first kappa shape index (κ1) is 23.8. The minimum absolute atomic E-state index is 0.00275. The van der Waals surface area contributed by atoms with Gasteiger partial charge >= 0.3 is 6.18 Å². The first-order valence-electron chi connectivity index (χ1n) is 11.7. The van der Waals surface area contributed by atoms with E-state index in [9.17, 15) is 22.8 Å². The number of alkyl halides is 3. The average Bonchev–Trinajstić information content (AvgIpc) is 3.11. The molecule has 0 aliphatic carbocycles. The lowest BCUT2D eigenvalue weighted by Gasteiger charge is -2.38. The number of ether oxygens (including phenoxy) is 1. The molecular weight excluding hydrogens is 471 g/mol. The van der Waals surface area contributed by atoms with Crippen LogP contribution in [-0.4, -0.2) is 41.4 Å². The van der Waals surface area contributed by atoms with Crippen molar-refractivity contribution in [1.82, 2.24) is 9.88 Å². The SMILES string of the molecule is O=C(COc1ccccc1C(F)(F)F)N1CCC2(CC1)C(=O)N(Cc1ccncc1)c1ccccc12. The molecule has 6 nitrogen and oxygen atoms in total. The number of para-hydroxylation sites is 2. The fourth-order valence-electron chi connectivity index (χ4n) is 5.10. The van der Waals surface area contributed by atoms with Crippen molar-refractivity contribution in [3.8, 4) is 5.75 Å². The summed E-state index contributed by atoms with van der Waals surface area (Å²) in [6.07, 6.45) is -0.329. The van der Waals surface area contributed by atoms with Gasteiger partial charge < -0.3 is 14.5 Å². The number of halogens is 3. The average molecular weight is 496 g/mol. The summed E-state index contributed by atoms with van der Waals surface area (Å²) in [6.45, 7) is 0.548. The van der Waals surface area contributed by atoms with Gasteiger partial charge in [0.2, 0.25) is 5.91 Å². The normalized spacial score (nSPS) is 16.8. The molecule has 0 N–H and O–H groups in total. The summed E-state index contributed by atoms with van der Waals surface area (Å²) in [5, 5.41) is 0. The highest BCUT2D eigenvalue weighted by atomic mass is 19.4. The Morgan fingerprint density at radius 1 is 0.972 bits per heavy atom. The maximum atomic E-state index is 13.7. The Hall–Kier alpha value is -3.88. The van der Waals surface area contributed by atoms with E-state index in [0.717, 1.165) is 22.9 Å². The second-order valence-corrected chi connectivity index (χ2v) is 9.01. The highest BCUT2D eigenvalue weighted by Gasteiger charge is 2.52. The number of nitrogens with zero attached hydrogens (tertiary/aromatic N) is 3. The Morgan fingerprint density at radius 3 is 2.36 bits per heavy atom. The number of anilines is 1. The van der Waals surface area contributed by atoms with Gasteiger partial charge in [-0.05, 0) is 54.3 Å². The maximum Gasteiger partial charge on any atom is 0.419 e. The standard InChI is InChI=1S/C27H24F3N3O3/c28-27(29,30)21-6-2-4-8-23(21)36-18-24(34)32-15-11-26(12-16-32)20-5-1-3-7-22(20)33(25(26)35)17-19-9-13-31-14-10-19/h1-10,13-14H,11-12,15-18H2. The molecule has 2 aromatic carbocycles. The molecule has 5 rings (SSSR count). The van der Waals surface area contributed by atoms with E-state index >= 15 is 0 Å². The Morgan fingerprint density at radius 2 is 1.64 bits per heavy atom. The number of amides is 2. The molecule has 0 bridgehead atoms. The molecule has 0 atom stereocenters. The van der Waals surface area contributed by atoms with Crippen LogP contribution in [0.4, 0.5) is 18.9 Å². The second kappa shape index (κ2) is 9.29. The molecule has 0 radical (unpaired) electrons. The van der Waals surface area contributed by atoms with Gasteiger partial charge in [-0.15, -0.1) is 0 Å². The monoisotopic (exact) mass is 495 g/mol. The fourth-order valence-corrected chi connectivity index (χ4v) is 5.10. The highest BCUT2D eigenvalue weighted by Crippen LogP contribution is 2.48. The number of likely N-dealkylation sites (tertiary alicyclic amines) is 1. The molecule has 36 heavy (non-hydrogen) atoms. The van der Waals surface area contributed by atoms with Gasteiger partial charge in [-0.2, -0.15) is 13.2 Å². The van der Waals surface area contributed by atoms with Crippen molar-refractivity contribution < 1.29 is 27.5 Å². The molecule has 0 unspecified atom stereocenters. The second-order valence-electron chi connectivity index (χ2n) is 9.01. The van der Waals surface area contributed by atoms with Crippen molar-refractivity contribution >= 4 is 17.5 Å². The van der Waals surface area contributed by atoms with Gasteiger partial charge in [-0.3, -0.25) is 14.6 Å². The van der Waals surface area contributed by atoms with E-state index < -0.39 is 29.7 Å². The lowest BCUT2D eigenvalue weighted by Crippen LogP contribution is -2.50. The van der Waals surface area contributed by atoms with Gasteiger partial charge in [0.1, 0.15) is 5.75 Å². The number of piperidine rings is 1. The van der Waals surface area contributed by atoms with Crippen molar-refractivity contribution in [3.05, 3.63) is 89.7 Å². The fraction of sp³-hybridized carbons (Fsp3) is 0.296. The van der Waals surface area contributed by atoms with Crippen LogP contribution < -0.4 is 9.64 Å². The highest BCUT2D eigenvalue weighted by molar-refractivity contribution is 6.08. The summed E-state index contributed by atoms with van der Waals surface area (Å²) in [5.74, 6) is -0.782. The molecule has 1 spiro atoms. The van der Waals surface area contributed by atoms with E-state index in [2.05, 4.69) is 4.98 Å². The third-order valence-corrected chi connectivity index (χ3v) is 6.97. The number of hydrogen-bond donors (Lipinski definition) is 0. The largest absolute Gasteiger partial charge is 0.483 e. The van der Waals surface area contributed by atoms with Gasteiger partial charge in [-0.1, -0.05) is 30.3 Å². The molecule has 2 amide bonds. The zero-order chi connectivity index (χ0) is 25.3. The van der Waals surface area contributed by atoms with Gasteiger partial charge in [-0.25, -0.2) is 0 Å². The molecule has 2 aliphatic rings. The Balaban J connectivity index is 1.28. The Kier molecular flexibility index (Phi) is 6.15. The molecule has 0 saturated carbocycles. The van der Waals surface area contributed by atoms with Crippen LogP contribution in [0.5, 0.6) is 5.75 Å². The minimum Gasteiger partial charge on any atom is -0.483 e. The first-order valence-corrected chi connectivity index (χ1v) is 11.7. The number of hydrogen-bond acceptors (Lipinski definition) is 4. The number of carbonyl (C=O) groups excluding carboxylic acids is 2. The van der Waals surface area contributed by atoms with E-state index in [4.69, 9.17) is 4.74 Å². The lowest BCUT2D eigenvalue weighted by molar-refractivity contribution is -0.141. The molecule has 2 aliphatic heterocycles. The van der Waals surface area contributed by atoms with E-state index in [0.29, 0.717) is 32.5 Å². The number of rotatable bonds is 5. The molecule has 3 heterocycles. The predicted octanol–water partition coefficient (Wildman–Crippen LogP) is 4.59. The summed E-state index contributed by atoms with van der Waals surface area (Å²) in [7, 11) is 0. The van der Waals surface area contributed by atoms with E-state index in [1.165, 1.54) is 18.2 Å². The van der Waals surface area contributed by atoms with Crippen molar-refractivity contribution in [2.24, 2.45) is 0 Å². The molecule has 3 aromatic rings. The third-order valence-electron chi connectivity index (χ3n) is 6.97. The number of fused-ring (bicyclic) bond motifs is 2. The molecular formula is C27H24F3N3O3. The van der Waals surface area contributed by atoms with Crippen LogP contribution >= 0.6 is 0 Å². The third kappa shape index (κ3) is 4.29. The lowest BCUT2D eigenvalue weighted by atomic mass is 9.73. The number of aromatic nitrogens is 1. The summed E-state index contributed by atoms with van der Waals surface area (Å²) in [5.41, 5.74) is 1.13. The molecule has 1 aromatic heterocycles. The predicted molar refractivity (Wildman–Crippen MR) is 126 cm³/mol. The van der Waals surface area contributed by atoms with Crippen LogP contribution in [0, 0.1) is 0 Å². The van der Waals surface area contributed by atoms with Gasteiger partial charge in [0, 0.05) is 31.2 Å². The molecule has 9 heteroatoms. The number of pyridine rings is 1. The smallest absolute Gasteiger partial charge is 0.419 e. The summed E-state index contributed by atoms with van der Waals surface area (Å²) in [6, 6.07) is 16.3. The summed E-state index contributed by atoms with van der Waals surface area (Å²) >= 11 is 0. The van der Waals surface area contributed by atoms with Gasteiger partial charge in [0.15, 0.2) is 6.61 Å². The van der Waals surface area contributed by atoms with Crippen LogP contribution in [0.15, 0.2) is 73.1 Å². The topological polar surface area (TPSA) is 62.7 Å². The van der Waals surface area contributed by atoms with E-state index in [1.807, 2.05) is 36.4 Å². The molecule has 1 fully saturated rings. The zero-order valence-corrected chi connectivity index (χ0v) is 19.4. The van der Waals surface area contributed by atoms with Crippen molar-refractivity contribution in [3.63, 3.8) is 0 Å². The first-order chi connectivity index (χ1) is 17.3. The minimum atomic E-state index is -4.57. The van der Waals surface area contributed by atoms with Crippen molar-refractivity contribution in [1.29, 1.82) is 0 Å². The van der Waals surface area contributed by atoms with Crippen LogP contribution in [0.2, 0.25) is 0 Å². The van der Waals surface area contributed by atoms with Gasteiger partial charge in [0.25, 0.3) is 5.91 Å². The molecule has 1 saturated heterocycles. The molecule has 186 valence electrons. The number of carbonyl (C=O) groups is 2. The Labute approximate surface area is 206 Å². The maximum absolute atomic E-state index is 13.7. The van der Waals surface area contributed by atoms with E-state index in [-0.39, 0.29) is 11.7 Å². The van der Waals surface area contributed by atoms with Crippen molar-refractivity contribution in [2.75, 3.05) is 24.6 Å². The van der Waals surface area contributed by atoms with Crippen molar-refractivity contribution in [2.45, 2.75) is 31.0 Å². The van der Waals surface area contributed by atoms with Crippen LogP contribution in [-0.2, 0) is 27.7 Å².